The third kappa shape index (κ3) is 4.67. The highest BCUT2D eigenvalue weighted by atomic mass is 16.5. The smallest absolute Gasteiger partial charge is 0.341 e. The quantitative estimate of drug-likeness (QED) is 0.621. The Morgan fingerprint density at radius 3 is 2.57 bits per heavy atom. The highest BCUT2D eigenvalue weighted by Gasteiger charge is 2.12. The first kappa shape index (κ1) is 19.0. The van der Waals surface area contributed by atoms with Crippen LogP contribution in [0.3, 0.4) is 0 Å². The van der Waals surface area contributed by atoms with Crippen molar-refractivity contribution in [3.63, 3.8) is 0 Å². The summed E-state index contributed by atoms with van der Waals surface area (Å²) in [7, 11) is 1.59. The zero-order valence-electron chi connectivity index (χ0n) is 15.2. The number of rotatable bonds is 8. The Morgan fingerprint density at radius 2 is 1.86 bits per heavy atom. The number of carbonyl (C=O) groups is 2. The second-order valence-corrected chi connectivity index (χ2v) is 5.82. The van der Waals surface area contributed by atoms with E-state index in [0.29, 0.717) is 11.3 Å². The molecule has 2 N–H and O–H groups in total. The van der Waals surface area contributed by atoms with Gasteiger partial charge in [-0.15, -0.1) is 0 Å². The number of carboxylic acid groups (broad SMARTS) is 1. The molecule has 0 spiro atoms. The molecule has 0 saturated carbocycles. The number of aliphatic carboxylic acids is 1. The van der Waals surface area contributed by atoms with E-state index in [-0.39, 0.29) is 18.1 Å². The fraction of sp³-hybridized carbons (Fsp3) is 0.150. The first-order valence-electron chi connectivity index (χ1n) is 8.47. The first-order valence-corrected chi connectivity index (χ1v) is 8.47. The van der Waals surface area contributed by atoms with E-state index in [9.17, 15) is 9.59 Å². The fourth-order valence-corrected chi connectivity index (χ4v) is 2.52. The minimum absolute atomic E-state index is 0.185. The van der Waals surface area contributed by atoms with Gasteiger partial charge in [0.2, 0.25) is 0 Å². The predicted octanol–water partition coefficient (Wildman–Crippen LogP) is 2.27. The third-order valence-electron chi connectivity index (χ3n) is 3.92. The van der Waals surface area contributed by atoms with Gasteiger partial charge >= 0.3 is 5.97 Å². The maximum atomic E-state index is 12.4. The molecule has 0 saturated heterocycles. The Bertz CT molecular complexity index is 966. The standard InChI is InChI=1S/C20H19N3O5/c1-27-16-8-6-15(7-9-16)23-11-10-17(22-23)20(26)21-12-14-4-2-3-5-18(14)28-13-19(24)25/h2-11H,12-13H2,1H3,(H,21,26)(H,24,25). The lowest BCUT2D eigenvalue weighted by Gasteiger charge is -2.10. The van der Waals surface area contributed by atoms with E-state index >= 15 is 0 Å². The molecule has 144 valence electrons. The molecule has 3 aromatic rings. The van der Waals surface area contributed by atoms with Gasteiger partial charge in [-0.05, 0) is 36.4 Å². The van der Waals surface area contributed by atoms with Crippen molar-refractivity contribution in [2.24, 2.45) is 0 Å². The molecule has 0 fully saturated rings. The largest absolute Gasteiger partial charge is 0.497 e. The van der Waals surface area contributed by atoms with Crippen LogP contribution in [0, 0.1) is 0 Å². The number of amides is 1. The summed E-state index contributed by atoms with van der Waals surface area (Å²) >= 11 is 0. The minimum atomic E-state index is -1.07. The minimum Gasteiger partial charge on any atom is -0.497 e. The molecular formula is C20H19N3O5. The van der Waals surface area contributed by atoms with Crippen molar-refractivity contribution in [2.45, 2.75) is 6.54 Å². The molecule has 0 atom stereocenters. The average molecular weight is 381 g/mol. The zero-order valence-corrected chi connectivity index (χ0v) is 15.2. The van der Waals surface area contributed by atoms with Crippen molar-refractivity contribution in [1.29, 1.82) is 0 Å². The predicted molar refractivity (Wildman–Crippen MR) is 101 cm³/mol. The highest BCUT2D eigenvalue weighted by molar-refractivity contribution is 5.92. The monoisotopic (exact) mass is 381 g/mol. The van der Waals surface area contributed by atoms with Crippen LogP contribution in [-0.2, 0) is 11.3 Å². The first-order chi connectivity index (χ1) is 13.6. The van der Waals surface area contributed by atoms with E-state index in [2.05, 4.69) is 10.4 Å². The molecule has 3 rings (SSSR count). The van der Waals surface area contributed by atoms with Crippen LogP contribution in [-0.4, -0.2) is 40.5 Å². The van der Waals surface area contributed by atoms with Crippen LogP contribution in [0.15, 0.2) is 60.8 Å². The Balaban J connectivity index is 1.64. The summed E-state index contributed by atoms with van der Waals surface area (Å²) < 4.78 is 12.0. The van der Waals surface area contributed by atoms with Gasteiger partial charge in [0.1, 0.15) is 11.5 Å². The number of hydrogen-bond acceptors (Lipinski definition) is 5. The molecule has 2 aromatic carbocycles. The number of methoxy groups -OCH3 is 1. The van der Waals surface area contributed by atoms with Crippen molar-refractivity contribution in [3.8, 4) is 17.2 Å². The van der Waals surface area contributed by atoms with Gasteiger partial charge in [-0.1, -0.05) is 18.2 Å². The lowest BCUT2D eigenvalue weighted by molar-refractivity contribution is -0.139. The summed E-state index contributed by atoms with van der Waals surface area (Å²) in [6.45, 7) is -0.263. The number of nitrogens with one attached hydrogen (secondary N) is 1. The normalized spacial score (nSPS) is 10.3. The number of carbonyl (C=O) groups excluding carboxylic acids is 1. The lowest BCUT2D eigenvalue weighted by Crippen LogP contribution is -2.24. The number of nitrogens with zero attached hydrogens (tertiary/aromatic N) is 2. The maximum Gasteiger partial charge on any atom is 0.341 e. The Morgan fingerprint density at radius 1 is 1.11 bits per heavy atom. The number of carboxylic acids is 1. The molecule has 8 heteroatoms. The van der Waals surface area contributed by atoms with Gasteiger partial charge in [0.25, 0.3) is 5.91 Å². The maximum absolute atomic E-state index is 12.4. The van der Waals surface area contributed by atoms with Crippen molar-refractivity contribution in [3.05, 3.63) is 72.1 Å². The Labute approximate surface area is 161 Å². The van der Waals surface area contributed by atoms with Crippen molar-refractivity contribution in [2.75, 3.05) is 13.7 Å². The number of benzene rings is 2. The van der Waals surface area contributed by atoms with Crippen molar-refractivity contribution >= 4 is 11.9 Å². The number of para-hydroxylation sites is 1. The molecule has 0 aliphatic rings. The number of hydrogen-bond donors (Lipinski definition) is 2. The number of ether oxygens (including phenoxy) is 2. The molecule has 1 heterocycles. The zero-order chi connectivity index (χ0) is 19.9. The van der Waals surface area contributed by atoms with Gasteiger partial charge in [0.15, 0.2) is 12.3 Å². The topological polar surface area (TPSA) is 103 Å². The van der Waals surface area contributed by atoms with Gasteiger partial charge < -0.3 is 19.9 Å². The van der Waals surface area contributed by atoms with Crippen LogP contribution in [0.5, 0.6) is 11.5 Å². The van der Waals surface area contributed by atoms with Crippen LogP contribution in [0.1, 0.15) is 16.1 Å². The second-order valence-electron chi connectivity index (χ2n) is 5.82. The van der Waals surface area contributed by atoms with E-state index in [1.807, 2.05) is 24.3 Å². The third-order valence-corrected chi connectivity index (χ3v) is 3.92. The summed E-state index contributed by atoms with van der Waals surface area (Å²) in [5.41, 5.74) is 1.73. The molecule has 0 radical (unpaired) electrons. The van der Waals surface area contributed by atoms with Gasteiger partial charge in [-0.3, -0.25) is 4.79 Å². The van der Waals surface area contributed by atoms with Crippen LogP contribution in [0.2, 0.25) is 0 Å². The molecular weight excluding hydrogens is 362 g/mol. The summed E-state index contributed by atoms with van der Waals surface area (Å²) in [5, 5.41) is 15.8. The van der Waals surface area contributed by atoms with Crippen molar-refractivity contribution < 1.29 is 24.2 Å². The number of aromatic nitrogens is 2. The van der Waals surface area contributed by atoms with Crippen molar-refractivity contribution in [1.82, 2.24) is 15.1 Å². The summed E-state index contributed by atoms with van der Waals surface area (Å²) in [5.74, 6) is -0.269. The highest BCUT2D eigenvalue weighted by Crippen LogP contribution is 2.18. The fourth-order valence-electron chi connectivity index (χ4n) is 2.52. The van der Waals surface area contributed by atoms with E-state index in [4.69, 9.17) is 14.6 Å². The van der Waals surface area contributed by atoms with E-state index in [1.165, 1.54) is 0 Å². The van der Waals surface area contributed by atoms with E-state index in [0.717, 1.165) is 11.4 Å². The molecule has 28 heavy (non-hydrogen) atoms. The van der Waals surface area contributed by atoms with Gasteiger partial charge in [0, 0.05) is 18.3 Å². The molecule has 0 unspecified atom stereocenters. The molecule has 8 nitrogen and oxygen atoms in total. The second kappa shape index (κ2) is 8.72. The molecule has 1 aromatic heterocycles. The Hall–Kier alpha value is -3.81. The van der Waals surface area contributed by atoms with E-state index < -0.39 is 12.6 Å². The van der Waals surface area contributed by atoms with Crippen LogP contribution < -0.4 is 14.8 Å². The summed E-state index contributed by atoms with van der Waals surface area (Å²) in [6, 6.07) is 15.8. The van der Waals surface area contributed by atoms with Crippen LogP contribution >= 0.6 is 0 Å². The summed E-state index contributed by atoms with van der Waals surface area (Å²) in [6.07, 6.45) is 1.70. The van der Waals surface area contributed by atoms with E-state index in [1.54, 1.807) is 48.3 Å². The lowest BCUT2D eigenvalue weighted by atomic mass is 10.2. The SMILES string of the molecule is COc1ccc(-n2ccc(C(=O)NCc3ccccc3OCC(=O)O)n2)cc1. The van der Waals surface area contributed by atoms with Gasteiger partial charge in [-0.2, -0.15) is 5.10 Å². The molecule has 1 amide bonds. The molecule has 0 aliphatic heterocycles. The molecule has 0 aliphatic carbocycles. The average Bonchev–Trinajstić information content (AvgIpc) is 3.21. The van der Waals surface area contributed by atoms with Gasteiger partial charge in [0.05, 0.1) is 12.8 Å². The van der Waals surface area contributed by atoms with Crippen LogP contribution in [0.4, 0.5) is 0 Å². The Kier molecular flexibility index (Phi) is 5.91. The van der Waals surface area contributed by atoms with Gasteiger partial charge in [-0.25, -0.2) is 9.48 Å². The van der Waals surface area contributed by atoms with Crippen LogP contribution in [0.25, 0.3) is 5.69 Å². The molecule has 0 bridgehead atoms. The summed E-state index contributed by atoms with van der Waals surface area (Å²) in [4.78, 5) is 23.1.